The molecule has 0 aliphatic carbocycles. The number of likely N-dealkylation sites (tertiary alicyclic amines) is 1. The molecule has 0 bridgehead atoms. The smallest absolute Gasteiger partial charge is 0.416 e. The van der Waals surface area contributed by atoms with Crippen LogP contribution in [0.3, 0.4) is 0 Å². The Kier molecular flexibility index (Phi) is 10.0. The predicted octanol–water partition coefficient (Wildman–Crippen LogP) is 4.31. The van der Waals surface area contributed by atoms with E-state index < -0.39 is 77.2 Å². The molecule has 2 aromatic carbocycles. The first kappa shape index (κ1) is 36.0. The summed E-state index contributed by atoms with van der Waals surface area (Å²) >= 11 is 0. The zero-order chi connectivity index (χ0) is 35.7. The van der Waals surface area contributed by atoms with Crippen LogP contribution in [0.1, 0.15) is 43.4 Å². The first-order valence-corrected chi connectivity index (χ1v) is 14.7. The van der Waals surface area contributed by atoms with Gasteiger partial charge in [0, 0.05) is 33.0 Å². The van der Waals surface area contributed by atoms with Crippen LogP contribution in [-0.2, 0) is 33.2 Å². The van der Waals surface area contributed by atoms with E-state index in [2.05, 4.69) is 10.4 Å². The molecule has 11 nitrogen and oxygen atoms in total. The number of amides is 4. The number of benzene rings is 2. The molecule has 1 saturated heterocycles. The molecule has 2 aliphatic rings. The van der Waals surface area contributed by atoms with Crippen LogP contribution in [0.2, 0.25) is 0 Å². The van der Waals surface area contributed by atoms with Crippen molar-refractivity contribution < 1.29 is 55.4 Å². The van der Waals surface area contributed by atoms with Gasteiger partial charge in [-0.25, -0.2) is 9.80 Å². The summed E-state index contributed by atoms with van der Waals surface area (Å²) in [4.78, 5) is 53.3. The fourth-order valence-electron chi connectivity index (χ4n) is 5.66. The lowest BCUT2D eigenvalue weighted by Gasteiger charge is -2.41. The molecular formula is C31H33F6N5O6. The Morgan fingerprint density at radius 3 is 2.19 bits per heavy atom. The van der Waals surface area contributed by atoms with Crippen LogP contribution in [0.5, 0.6) is 5.75 Å². The molecule has 1 fully saturated rings. The van der Waals surface area contributed by atoms with Crippen molar-refractivity contribution in [2.45, 2.75) is 57.0 Å². The summed E-state index contributed by atoms with van der Waals surface area (Å²) in [5.74, 6) is -2.81. The second-order valence-corrected chi connectivity index (χ2v) is 12.1. The minimum Gasteiger partial charge on any atom is -0.493 e. The van der Waals surface area contributed by atoms with Gasteiger partial charge in [-0.2, -0.15) is 31.4 Å². The number of fused-ring (bicyclic) bond motifs is 1. The van der Waals surface area contributed by atoms with Gasteiger partial charge in [0.15, 0.2) is 0 Å². The van der Waals surface area contributed by atoms with Crippen LogP contribution >= 0.6 is 0 Å². The average molecular weight is 686 g/mol. The van der Waals surface area contributed by atoms with Gasteiger partial charge >= 0.3 is 18.4 Å². The molecule has 0 saturated carbocycles. The number of carbonyl (C=O) groups is 4. The number of hydrazone groups is 1. The van der Waals surface area contributed by atoms with E-state index in [4.69, 9.17) is 9.84 Å². The van der Waals surface area contributed by atoms with E-state index in [1.807, 2.05) is 17.4 Å². The fourth-order valence-corrected chi connectivity index (χ4v) is 5.66. The van der Waals surface area contributed by atoms with Gasteiger partial charge in [-0.3, -0.25) is 14.4 Å². The van der Waals surface area contributed by atoms with Gasteiger partial charge in [0.25, 0.3) is 5.91 Å². The molecular weight excluding hydrogens is 652 g/mol. The van der Waals surface area contributed by atoms with Gasteiger partial charge in [0.05, 0.1) is 23.4 Å². The number of nitrogens with zero attached hydrogens (tertiary/aromatic N) is 3. The van der Waals surface area contributed by atoms with Crippen molar-refractivity contribution >= 4 is 29.5 Å². The highest BCUT2D eigenvalue weighted by Gasteiger charge is 2.54. The Bertz CT molecular complexity index is 1560. The van der Waals surface area contributed by atoms with Crippen molar-refractivity contribution in [3.05, 3.63) is 65.2 Å². The first-order valence-electron chi connectivity index (χ1n) is 14.7. The lowest BCUT2D eigenvalue weighted by atomic mass is 9.73. The normalized spacial score (nSPS) is 18.9. The topological polar surface area (TPSA) is 141 Å². The van der Waals surface area contributed by atoms with Crippen molar-refractivity contribution in [1.82, 2.24) is 20.5 Å². The molecule has 2 unspecified atom stereocenters. The predicted molar refractivity (Wildman–Crippen MR) is 158 cm³/mol. The molecule has 2 atom stereocenters. The van der Waals surface area contributed by atoms with Gasteiger partial charge in [0.1, 0.15) is 22.7 Å². The van der Waals surface area contributed by atoms with Crippen LogP contribution in [0.25, 0.3) is 0 Å². The van der Waals surface area contributed by atoms with E-state index in [-0.39, 0.29) is 37.9 Å². The molecule has 0 aromatic heterocycles. The average Bonchev–Trinajstić information content (AvgIpc) is 3.23. The Balaban J connectivity index is 1.61. The second kappa shape index (κ2) is 13.4. The number of piperidine rings is 1. The molecule has 2 aliphatic heterocycles. The molecule has 4 amide bonds. The molecule has 17 heteroatoms. The van der Waals surface area contributed by atoms with Crippen molar-refractivity contribution in [1.29, 1.82) is 0 Å². The molecule has 4 rings (SSSR count). The third kappa shape index (κ3) is 7.99. The highest BCUT2D eigenvalue weighted by Crippen LogP contribution is 2.40. The summed E-state index contributed by atoms with van der Waals surface area (Å²) in [6.45, 7) is 1.75. The number of halogens is 6. The van der Waals surface area contributed by atoms with Crippen LogP contribution in [0.15, 0.2) is 53.6 Å². The van der Waals surface area contributed by atoms with Crippen molar-refractivity contribution in [2.75, 3.05) is 26.7 Å². The molecule has 48 heavy (non-hydrogen) atoms. The Morgan fingerprint density at radius 1 is 1.02 bits per heavy atom. The van der Waals surface area contributed by atoms with Crippen LogP contribution in [0.4, 0.5) is 31.1 Å². The maximum Gasteiger partial charge on any atom is 0.416 e. The maximum atomic E-state index is 14.0. The lowest BCUT2D eigenvalue weighted by Crippen LogP contribution is -2.62. The summed E-state index contributed by atoms with van der Waals surface area (Å²) in [5.41, 5.74) is -4.84. The summed E-state index contributed by atoms with van der Waals surface area (Å²) in [7, 11) is 1.49. The second-order valence-electron chi connectivity index (χ2n) is 12.1. The lowest BCUT2D eigenvalue weighted by molar-refractivity contribution is -0.144. The number of carbonyl (C=O) groups excluding carboxylic acids is 3. The third-order valence-electron chi connectivity index (χ3n) is 8.09. The Morgan fingerprint density at radius 2 is 1.62 bits per heavy atom. The van der Waals surface area contributed by atoms with Crippen molar-refractivity contribution in [2.24, 2.45) is 10.5 Å². The van der Waals surface area contributed by atoms with Gasteiger partial charge in [-0.1, -0.05) is 30.3 Å². The first-order chi connectivity index (χ1) is 22.2. The van der Waals surface area contributed by atoms with Gasteiger partial charge in [0.2, 0.25) is 11.8 Å². The largest absolute Gasteiger partial charge is 0.493 e. The molecule has 3 N–H and O–H groups in total. The van der Waals surface area contributed by atoms with Crippen molar-refractivity contribution in [3.63, 3.8) is 0 Å². The summed E-state index contributed by atoms with van der Waals surface area (Å²) < 4.78 is 85.4. The molecule has 0 spiro atoms. The standard InChI is InChI=1S/C31H33F6N5O6/c1-28(2,39-27(46)47)25(44)38-22(10-12-48-21-14-19(30(32,33)34)13-20(15-21)31(35,36)37)24(43)42-11-9-23-29(17-42,26(45)41(3)40-23)16-18-7-5-4-6-8-18/h4-8,13-15,22,39H,9-12,16-17H2,1-3H3,(H,38,44)(H,46,47). The molecule has 260 valence electrons. The number of hydrogen-bond donors (Lipinski definition) is 3. The van der Waals surface area contributed by atoms with Gasteiger partial charge in [-0.05, 0) is 44.0 Å². The van der Waals surface area contributed by atoms with E-state index in [1.165, 1.54) is 30.8 Å². The zero-order valence-electron chi connectivity index (χ0n) is 26.0. The van der Waals surface area contributed by atoms with Crippen LogP contribution in [0, 0.1) is 5.41 Å². The summed E-state index contributed by atoms with van der Waals surface area (Å²) in [5, 5.41) is 19.2. The number of alkyl halides is 6. The highest BCUT2D eigenvalue weighted by atomic mass is 19.4. The monoisotopic (exact) mass is 685 g/mol. The van der Waals surface area contributed by atoms with E-state index in [9.17, 15) is 45.5 Å². The summed E-state index contributed by atoms with van der Waals surface area (Å²) in [6, 6.07) is 8.23. The van der Waals surface area contributed by atoms with E-state index in [1.54, 1.807) is 18.2 Å². The zero-order valence-corrected chi connectivity index (χ0v) is 26.0. The summed E-state index contributed by atoms with van der Waals surface area (Å²) in [6.07, 6.45) is -11.8. The number of hydrogen-bond acceptors (Lipinski definition) is 6. The molecule has 0 radical (unpaired) electrons. The van der Waals surface area contributed by atoms with Crippen LogP contribution < -0.4 is 15.4 Å². The Labute approximate surface area is 270 Å². The fraction of sp³-hybridized carbons (Fsp3) is 0.452. The molecule has 2 heterocycles. The SMILES string of the molecule is CN1N=C2CCN(C(=O)C(CCOc3cc(C(F)(F)F)cc(C(F)(F)F)c3)NC(=O)C(C)(C)NC(=O)O)CC2(Cc2ccccc2)C1=O. The highest BCUT2D eigenvalue weighted by molar-refractivity contribution is 6.13. The minimum absolute atomic E-state index is 0.0577. The Hall–Kier alpha value is -4.83. The van der Waals surface area contributed by atoms with Gasteiger partial charge in [-0.15, -0.1) is 0 Å². The molecule has 2 aromatic rings. The number of ether oxygens (including phenoxy) is 1. The number of rotatable bonds is 10. The van der Waals surface area contributed by atoms with E-state index in [0.29, 0.717) is 17.8 Å². The minimum atomic E-state index is -5.12. The van der Waals surface area contributed by atoms with E-state index in [0.717, 1.165) is 5.56 Å². The van der Waals surface area contributed by atoms with E-state index >= 15 is 0 Å². The van der Waals surface area contributed by atoms with Crippen molar-refractivity contribution in [3.8, 4) is 5.75 Å². The third-order valence-corrected chi connectivity index (χ3v) is 8.09. The number of nitrogens with one attached hydrogen (secondary N) is 2. The van der Waals surface area contributed by atoms with Gasteiger partial charge < -0.3 is 25.4 Å². The quantitative estimate of drug-likeness (QED) is 0.319. The van der Waals surface area contributed by atoms with Crippen LogP contribution in [-0.4, -0.2) is 82.9 Å². The maximum absolute atomic E-state index is 14.0. The number of carboxylic acid groups (broad SMARTS) is 1.